The van der Waals surface area contributed by atoms with Crippen molar-refractivity contribution in [1.82, 2.24) is 4.90 Å². The maximum atomic E-state index is 12.5. The minimum Gasteiger partial charge on any atom is -0.497 e. The summed E-state index contributed by atoms with van der Waals surface area (Å²) in [5.74, 6) is -0.369. The lowest BCUT2D eigenvalue weighted by Crippen LogP contribution is -2.35. The number of carbonyl (C=O) groups excluding carboxylic acids is 2. The number of hydrogen-bond donors (Lipinski definition) is 1. The third-order valence-electron chi connectivity index (χ3n) is 3.95. The van der Waals surface area contributed by atoms with Crippen LogP contribution in [0.3, 0.4) is 0 Å². The van der Waals surface area contributed by atoms with Gasteiger partial charge < -0.3 is 19.4 Å². The number of methoxy groups -OCH3 is 1. The number of nitrogens with zero attached hydrogens (tertiary/aromatic N) is 1. The third-order valence-corrected chi connectivity index (χ3v) is 3.95. The van der Waals surface area contributed by atoms with E-state index >= 15 is 0 Å². The van der Waals surface area contributed by atoms with E-state index in [1.165, 1.54) is 11.9 Å². The van der Waals surface area contributed by atoms with Crippen molar-refractivity contribution >= 4 is 28.5 Å². The molecule has 3 rings (SSSR count). The Morgan fingerprint density at radius 2 is 1.81 bits per heavy atom. The van der Waals surface area contributed by atoms with E-state index in [-0.39, 0.29) is 23.6 Å². The summed E-state index contributed by atoms with van der Waals surface area (Å²) < 4.78 is 10.6. The molecule has 0 radical (unpaired) electrons. The quantitative estimate of drug-likeness (QED) is 0.749. The number of fused-ring (bicyclic) bond motifs is 1. The predicted molar refractivity (Wildman–Crippen MR) is 101 cm³/mol. The first-order chi connectivity index (χ1) is 13.0. The van der Waals surface area contributed by atoms with Gasteiger partial charge in [-0.2, -0.15) is 0 Å². The highest BCUT2D eigenvalue weighted by Gasteiger charge is 2.19. The van der Waals surface area contributed by atoms with Crippen LogP contribution in [-0.4, -0.2) is 37.4 Å². The van der Waals surface area contributed by atoms with Crippen LogP contribution >= 0.6 is 0 Å². The van der Waals surface area contributed by atoms with E-state index in [0.29, 0.717) is 22.4 Å². The van der Waals surface area contributed by atoms with Crippen LogP contribution in [0, 0.1) is 0 Å². The van der Waals surface area contributed by atoms with Crippen molar-refractivity contribution < 1.29 is 18.7 Å². The monoisotopic (exact) mass is 366 g/mol. The first-order valence-corrected chi connectivity index (χ1v) is 8.20. The molecule has 0 unspecified atom stereocenters. The van der Waals surface area contributed by atoms with Crippen LogP contribution in [0.4, 0.5) is 5.69 Å². The average Bonchev–Trinajstić information content (AvgIpc) is 2.67. The van der Waals surface area contributed by atoms with E-state index in [1.54, 1.807) is 55.6 Å². The molecule has 1 N–H and O–H groups in total. The molecule has 2 aromatic carbocycles. The number of likely N-dealkylation sites (N-methyl/N-ethyl adjacent to an activating group) is 1. The highest BCUT2D eigenvalue weighted by Crippen LogP contribution is 2.15. The first-order valence-electron chi connectivity index (χ1n) is 8.20. The molecular formula is C20H18N2O5. The maximum absolute atomic E-state index is 12.5. The van der Waals surface area contributed by atoms with Gasteiger partial charge in [-0.1, -0.05) is 12.1 Å². The molecule has 0 saturated carbocycles. The van der Waals surface area contributed by atoms with Crippen LogP contribution in [0.15, 0.2) is 63.8 Å². The smallest absolute Gasteiger partial charge is 0.289 e. The van der Waals surface area contributed by atoms with Crippen LogP contribution in [0.5, 0.6) is 5.75 Å². The second-order valence-electron chi connectivity index (χ2n) is 5.91. The Hall–Kier alpha value is -3.61. The molecule has 0 saturated heterocycles. The van der Waals surface area contributed by atoms with Crippen LogP contribution in [0.1, 0.15) is 10.6 Å². The molecule has 0 atom stereocenters. The van der Waals surface area contributed by atoms with Gasteiger partial charge in [-0.25, -0.2) is 0 Å². The van der Waals surface area contributed by atoms with Gasteiger partial charge in [0, 0.05) is 18.8 Å². The summed E-state index contributed by atoms with van der Waals surface area (Å²) >= 11 is 0. The normalized spacial score (nSPS) is 10.4. The van der Waals surface area contributed by atoms with E-state index in [4.69, 9.17) is 9.15 Å². The van der Waals surface area contributed by atoms with Crippen LogP contribution in [0.2, 0.25) is 0 Å². The Bertz CT molecular complexity index is 1040. The topological polar surface area (TPSA) is 88.9 Å². The molecule has 3 aromatic rings. The summed E-state index contributed by atoms with van der Waals surface area (Å²) in [6.45, 7) is -0.193. The van der Waals surface area contributed by atoms with Gasteiger partial charge in [-0.05, 0) is 36.4 Å². The van der Waals surface area contributed by atoms with Crippen molar-refractivity contribution in [1.29, 1.82) is 0 Å². The van der Waals surface area contributed by atoms with Gasteiger partial charge in [0.25, 0.3) is 5.91 Å². The Labute approximate surface area is 155 Å². The molecule has 0 aliphatic rings. The highest BCUT2D eigenvalue weighted by atomic mass is 16.5. The van der Waals surface area contributed by atoms with Gasteiger partial charge in [0.15, 0.2) is 11.2 Å². The van der Waals surface area contributed by atoms with Gasteiger partial charge in [-0.15, -0.1) is 0 Å². The van der Waals surface area contributed by atoms with Crippen molar-refractivity contribution in [3.8, 4) is 5.75 Å². The van der Waals surface area contributed by atoms with E-state index < -0.39 is 5.91 Å². The summed E-state index contributed by atoms with van der Waals surface area (Å²) in [5.41, 5.74) is 0.597. The van der Waals surface area contributed by atoms with E-state index in [2.05, 4.69) is 5.32 Å². The molecule has 2 amide bonds. The number of para-hydroxylation sites is 1. The fourth-order valence-electron chi connectivity index (χ4n) is 2.56. The number of carbonyl (C=O) groups is 2. The summed E-state index contributed by atoms with van der Waals surface area (Å²) in [6, 6.07) is 14.6. The molecule has 0 bridgehead atoms. The number of rotatable bonds is 5. The maximum Gasteiger partial charge on any atom is 0.289 e. The van der Waals surface area contributed by atoms with Crippen molar-refractivity contribution in [2.45, 2.75) is 0 Å². The second kappa shape index (κ2) is 7.74. The number of hydrogen-bond acceptors (Lipinski definition) is 5. The van der Waals surface area contributed by atoms with Crippen LogP contribution in [0.25, 0.3) is 11.0 Å². The minimum atomic E-state index is -0.553. The summed E-state index contributed by atoms with van der Waals surface area (Å²) in [7, 11) is 3.02. The number of benzene rings is 2. The molecule has 138 valence electrons. The Balaban J connectivity index is 1.69. The van der Waals surface area contributed by atoms with Gasteiger partial charge in [-0.3, -0.25) is 14.4 Å². The fourth-order valence-corrected chi connectivity index (χ4v) is 2.56. The van der Waals surface area contributed by atoms with Crippen molar-refractivity contribution in [3.63, 3.8) is 0 Å². The molecule has 1 heterocycles. The molecule has 1 aromatic heterocycles. The van der Waals surface area contributed by atoms with Crippen LogP contribution < -0.4 is 15.5 Å². The zero-order chi connectivity index (χ0) is 19.4. The SMILES string of the molecule is COc1ccc(NC(=O)CN(C)C(=O)c2cc(=O)c3ccccc3o2)cc1. The third kappa shape index (κ3) is 4.14. The lowest BCUT2D eigenvalue weighted by molar-refractivity contribution is -0.116. The molecule has 0 aliphatic heterocycles. The number of nitrogens with one attached hydrogen (secondary N) is 1. The predicted octanol–water partition coefficient (Wildman–Crippen LogP) is 2.51. The van der Waals surface area contributed by atoms with Crippen molar-refractivity contribution in [2.75, 3.05) is 26.0 Å². The first kappa shape index (κ1) is 18.2. The molecule has 0 fully saturated rings. The van der Waals surface area contributed by atoms with Gasteiger partial charge in [0.2, 0.25) is 5.91 Å². The van der Waals surface area contributed by atoms with Crippen LogP contribution in [-0.2, 0) is 4.79 Å². The minimum absolute atomic E-state index is 0.113. The molecule has 0 spiro atoms. The Morgan fingerprint density at radius 3 is 2.52 bits per heavy atom. The summed E-state index contributed by atoms with van der Waals surface area (Å²) in [4.78, 5) is 38.0. The van der Waals surface area contributed by atoms with E-state index in [1.807, 2.05) is 0 Å². The number of ether oxygens (including phenoxy) is 1. The van der Waals surface area contributed by atoms with Gasteiger partial charge >= 0.3 is 0 Å². The Kier molecular flexibility index (Phi) is 5.21. The largest absolute Gasteiger partial charge is 0.497 e. The van der Waals surface area contributed by atoms with Gasteiger partial charge in [0.1, 0.15) is 11.3 Å². The van der Waals surface area contributed by atoms with E-state index in [9.17, 15) is 14.4 Å². The standard InChI is InChI=1S/C20H18N2O5/c1-22(12-19(24)21-13-7-9-14(26-2)10-8-13)20(25)18-11-16(23)15-5-3-4-6-17(15)27-18/h3-11H,12H2,1-2H3,(H,21,24). The fraction of sp³-hybridized carbons (Fsp3) is 0.150. The van der Waals surface area contributed by atoms with Crippen molar-refractivity contribution in [3.05, 3.63) is 70.6 Å². The molecule has 7 nitrogen and oxygen atoms in total. The summed E-state index contributed by atoms with van der Waals surface area (Å²) in [5, 5.41) is 3.09. The molecule has 0 aliphatic carbocycles. The van der Waals surface area contributed by atoms with E-state index in [0.717, 1.165) is 6.07 Å². The lowest BCUT2D eigenvalue weighted by Gasteiger charge is -2.16. The lowest BCUT2D eigenvalue weighted by atomic mass is 10.2. The second-order valence-corrected chi connectivity index (χ2v) is 5.91. The Morgan fingerprint density at radius 1 is 1.11 bits per heavy atom. The molecular weight excluding hydrogens is 348 g/mol. The average molecular weight is 366 g/mol. The summed E-state index contributed by atoms with van der Waals surface area (Å²) in [6.07, 6.45) is 0. The molecule has 7 heteroatoms. The van der Waals surface area contributed by atoms with Gasteiger partial charge in [0.05, 0.1) is 19.0 Å². The number of anilines is 1. The highest BCUT2D eigenvalue weighted by molar-refractivity contribution is 5.98. The number of amides is 2. The van der Waals surface area contributed by atoms with Crippen molar-refractivity contribution in [2.24, 2.45) is 0 Å². The molecule has 27 heavy (non-hydrogen) atoms. The zero-order valence-electron chi connectivity index (χ0n) is 14.9. The zero-order valence-corrected chi connectivity index (χ0v) is 14.9.